The Balaban J connectivity index is 1.50. The molecule has 164 valence electrons. The fourth-order valence-corrected chi connectivity index (χ4v) is 4.94. The van der Waals surface area contributed by atoms with E-state index in [9.17, 15) is 4.79 Å². The lowest BCUT2D eigenvalue weighted by Crippen LogP contribution is -2.31. The molecule has 4 rings (SSSR count). The molecule has 2 aromatic heterocycles. The molecule has 0 aliphatic rings. The molecule has 0 saturated heterocycles. The van der Waals surface area contributed by atoms with Crippen molar-refractivity contribution >= 4 is 40.6 Å². The Morgan fingerprint density at radius 2 is 2.03 bits per heavy atom. The summed E-state index contributed by atoms with van der Waals surface area (Å²) in [5, 5.41) is 11.5. The summed E-state index contributed by atoms with van der Waals surface area (Å²) < 4.78 is 7.31. The molecule has 0 N–H and O–H groups in total. The minimum Gasteiger partial charge on any atom is -0.496 e. The summed E-state index contributed by atoms with van der Waals surface area (Å²) in [5.74, 6) is 1.01. The third-order valence-corrected chi connectivity index (χ3v) is 6.78. The number of halogens is 1. The predicted molar refractivity (Wildman–Crippen MR) is 129 cm³/mol. The number of carbonyl (C=O) groups excluding carboxylic acids is 1. The fraction of sp³-hybridized carbons (Fsp3) is 0.174. The number of amides is 1. The van der Waals surface area contributed by atoms with Gasteiger partial charge in [-0.2, -0.15) is 0 Å². The van der Waals surface area contributed by atoms with E-state index in [2.05, 4.69) is 10.2 Å². The van der Waals surface area contributed by atoms with Crippen molar-refractivity contribution in [2.75, 3.05) is 12.9 Å². The molecule has 1 amide bonds. The van der Waals surface area contributed by atoms with Crippen LogP contribution < -0.4 is 4.74 Å². The van der Waals surface area contributed by atoms with Crippen LogP contribution in [0.4, 0.5) is 0 Å². The van der Waals surface area contributed by atoms with Gasteiger partial charge >= 0.3 is 0 Å². The number of hydrogen-bond donors (Lipinski definition) is 0. The van der Waals surface area contributed by atoms with E-state index in [1.165, 1.54) is 11.8 Å². The second-order valence-electron chi connectivity index (χ2n) is 6.89. The molecule has 0 fully saturated rings. The molecule has 32 heavy (non-hydrogen) atoms. The Hall–Kier alpha value is -2.81. The second-order valence-corrected chi connectivity index (χ2v) is 9.30. The topological polar surface area (TPSA) is 60.2 Å². The van der Waals surface area contributed by atoms with E-state index in [-0.39, 0.29) is 11.7 Å². The first kappa shape index (κ1) is 22.4. The first-order valence-electron chi connectivity index (χ1n) is 9.85. The maximum absolute atomic E-state index is 13.3. The molecule has 6 nitrogen and oxygen atoms in total. The van der Waals surface area contributed by atoms with Gasteiger partial charge in [0, 0.05) is 22.0 Å². The first-order valence-corrected chi connectivity index (χ1v) is 12.1. The fourth-order valence-electron chi connectivity index (χ4n) is 3.21. The predicted octanol–water partition coefficient (Wildman–Crippen LogP) is 5.31. The van der Waals surface area contributed by atoms with Crippen LogP contribution in [0.25, 0.3) is 5.69 Å². The molecule has 4 aromatic rings. The van der Waals surface area contributed by atoms with Crippen LogP contribution in [0.5, 0.6) is 5.75 Å². The average Bonchev–Trinajstić information content (AvgIpc) is 3.49. The van der Waals surface area contributed by atoms with E-state index in [0.29, 0.717) is 23.3 Å². The minimum atomic E-state index is 0.00921. The number of rotatable bonds is 9. The number of hydrogen-bond acceptors (Lipinski definition) is 6. The molecule has 0 unspecified atom stereocenters. The summed E-state index contributed by atoms with van der Waals surface area (Å²) in [6.45, 7) is 0.998. The van der Waals surface area contributed by atoms with Crippen molar-refractivity contribution in [3.05, 3.63) is 87.8 Å². The van der Waals surface area contributed by atoms with Crippen molar-refractivity contribution in [1.82, 2.24) is 19.7 Å². The van der Waals surface area contributed by atoms with Gasteiger partial charge in [-0.05, 0) is 35.7 Å². The highest BCUT2D eigenvalue weighted by Gasteiger charge is 2.19. The van der Waals surface area contributed by atoms with Crippen LogP contribution in [0.15, 0.2) is 77.5 Å². The molecule has 2 aromatic carbocycles. The van der Waals surface area contributed by atoms with Gasteiger partial charge in [0.2, 0.25) is 5.91 Å². The van der Waals surface area contributed by atoms with Gasteiger partial charge in [0.1, 0.15) is 12.1 Å². The highest BCUT2D eigenvalue weighted by Crippen LogP contribution is 2.25. The summed E-state index contributed by atoms with van der Waals surface area (Å²) in [7, 11) is 1.64. The maximum atomic E-state index is 13.3. The molecule has 2 heterocycles. The van der Waals surface area contributed by atoms with Gasteiger partial charge in [0.05, 0.1) is 25.1 Å². The Labute approximate surface area is 199 Å². The lowest BCUT2D eigenvalue weighted by Gasteiger charge is -2.23. The van der Waals surface area contributed by atoms with Crippen molar-refractivity contribution < 1.29 is 9.53 Å². The lowest BCUT2D eigenvalue weighted by atomic mass is 10.2. The molecule has 9 heteroatoms. The third kappa shape index (κ3) is 5.51. The van der Waals surface area contributed by atoms with Gasteiger partial charge in [-0.1, -0.05) is 53.7 Å². The minimum absolute atomic E-state index is 0.00921. The summed E-state index contributed by atoms with van der Waals surface area (Å²) in [4.78, 5) is 16.2. The Kier molecular flexibility index (Phi) is 7.47. The van der Waals surface area contributed by atoms with E-state index in [1.807, 2.05) is 75.5 Å². The van der Waals surface area contributed by atoms with Crippen LogP contribution in [0.2, 0.25) is 5.02 Å². The van der Waals surface area contributed by atoms with E-state index >= 15 is 0 Å². The maximum Gasteiger partial charge on any atom is 0.233 e. The lowest BCUT2D eigenvalue weighted by molar-refractivity contribution is -0.129. The van der Waals surface area contributed by atoms with Gasteiger partial charge in [0.25, 0.3) is 0 Å². The number of nitrogens with zero attached hydrogens (tertiary/aromatic N) is 4. The Bertz CT molecular complexity index is 1180. The van der Waals surface area contributed by atoms with Crippen LogP contribution in [-0.2, 0) is 17.9 Å². The molecule has 0 radical (unpaired) electrons. The van der Waals surface area contributed by atoms with E-state index in [4.69, 9.17) is 16.3 Å². The molecule has 0 aliphatic heterocycles. The molecular weight excluding hydrogens is 464 g/mol. The number of benzene rings is 2. The number of methoxy groups -OCH3 is 1. The van der Waals surface area contributed by atoms with Gasteiger partial charge in [-0.25, -0.2) is 0 Å². The van der Waals surface area contributed by atoms with Crippen molar-refractivity contribution in [2.45, 2.75) is 18.2 Å². The standard InChI is InChI=1S/C23H21ClN4O2S2/c1-30-21-10-3-2-6-17(21)13-27(14-20-9-5-11-31-20)22(29)15-32-23-26-25-16-28(23)19-8-4-7-18(24)12-19/h2-12,16H,13-15H2,1H3. The Morgan fingerprint density at radius 1 is 1.16 bits per heavy atom. The van der Waals surface area contributed by atoms with Crippen LogP contribution in [0.1, 0.15) is 10.4 Å². The third-order valence-electron chi connectivity index (χ3n) is 4.76. The highest BCUT2D eigenvalue weighted by atomic mass is 35.5. The normalized spacial score (nSPS) is 10.8. The molecule has 0 bridgehead atoms. The molecule has 0 aliphatic carbocycles. The number of para-hydroxylation sites is 1. The van der Waals surface area contributed by atoms with Crippen LogP contribution in [-0.4, -0.2) is 38.4 Å². The number of thioether (sulfide) groups is 1. The zero-order valence-corrected chi connectivity index (χ0v) is 19.7. The van der Waals surface area contributed by atoms with Crippen molar-refractivity contribution in [1.29, 1.82) is 0 Å². The number of thiophene rings is 1. The zero-order chi connectivity index (χ0) is 22.3. The summed E-state index contributed by atoms with van der Waals surface area (Å²) in [5.41, 5.74) is 1.81. The van der Waals surface area contributed by atoms with Gasteiger partial charge < -0.3 is 9.64 Å². The van der Waals surface area contributed by atoms with Crippen molar-refractivity contribution in [3.63, 3.8) is 0 Å². The monoisotopic (exact) mass is 484 g/mol. The number of ether oxygens (including phenoxy) is 1. The van der Waals surface area contributed by atoms with Crippen LogP contribution in [0, 0.1) is 0 Å². The van der Waals surface area contributed by atoms with Gasteiger partial charge in [-0.15, -0.1) is 21.5 Å². The SMILES string of the molecule is COc1ccccc1CN(Cc1cccs1)C(=O)CSc1nncn1-c1cccc(Cl)c1. The highest BCUT2D eigenvalue weighted by molar-refractivity contribution is 7.99. The molecule has 0 spiro atoms. The quantitative estimate of drug-likeness (QED) is 0.301. The smallest absolute Gasteiger partial charge is 0.233 e. The van der Waals surface area contributed by atoms with Crippen LogP contribution >= 0.6 is 34.7 Å². The summed E-state index contributed by atoms with van der Waals surface area (Å²) in [6.07, 6.45) is 1.62. The average molecular weight is 485 g/mol. The van der Waals surface area contributed by atoms with Gasteiger partial charge in [0.15, 0.2) is 5.16 Å². The van der Waals surface area contributed by atoms with E-state index < -0.39 is 0 Å². The molecule has 0 atom stereocenters. The number of carbonyl (C=O) groups is 1. The summed E-state index contributed by atoms with van der Waals surface area (Å²) in [6, 6.07) is 19.2. The van der Waals surface area contributed by atoms with Crippen molar-refractivity contribution in [3.8, 4) is 11.4 Å². The zero-order valence-electron chi connectivity index (χ0n) is 17.3. The Morgan fingerprint density at radius 3 is 2.81 bits per heavy atom. The van der Waals surface area contributed by atoms with Gasteiger partial charge in [-0.3, -0.25) is 9.36 Å². The molecular formula is C23H21ClN4O2S2. The second kappa shape index (κ2) is 10.7. The largest absolute Gasteiger partial charge is 0.496 e. The van der Waals surface area contributed by atoms with E-state index in [1.54, 1.807) is 24.8 Å². The first-order chi connectivity index (χ1) is 15.6. The van der Waals surface area contributed by atoms with Crippen molar-refractivity contribution in [2.24, 2.45) is 0 Å². The molecule has 0 saturated carbocycles. The van der Waals surface area contributed by atoms with Crippen LogP contribution in [0.3, 0.4) is 0 Å². The van der Waals surface area contributed by atoms with E-state index in [0.717, 1.165) is 21.9 Å². The summed E-state index contributed by atoms with van der Waals surface area (Å²) >= 11 is 9.11. The number of aromatic nitrogens is 3.